The van der Waals surface area contributed by atoms with E-state index in [0.29, 0.717) is 24.4 Å². The van der Waals surface area contributed by atoms with Gasteiger partial charge in [-0.15, -0.1) is 11.3 Å². The number of aromatic nitrogens is 1. The van der Waals surface area contributed by atoms with Crippen LogP contribution in [0.1, 0.15) is 108 Å². The molecule has 0 spiro atoms. The molecule has 0 aliphatic heterocycles. The average Bonchev–Trinajstić information content (AvgIpc) is 3.35. The van der Waals surface area contributed by atoms with E-state index in [0.717, 1.165) is 38.5 Å². The van der Waals surface area contributed by atoms with Crippen LogP contribution in [0.4, 0.5) is 4.79 Å². The first-order chi connectivity index (χ1) is 17.3. The number of nitrogens with one attached hydrogen (secondary N) is 1. The first-order valence-corrected chi connectivity index (χ1v) is 14.1. The van der Waals surface area contributed by atoms with E-state index >= 15 is 0 Å². The Balaban J connectivity index is 3.23. The zero-order valence-electron chi connectivity index (χ0n) is 22.6. The highest BCUT2D eigenvalue weighted by Gasteiger charge is 2.32. The quantitative estimate of drug-likeness (QED) is 0.202. The van der Waals surface area contributed by atoms with Crippen LogP contribution in [0.5, 0.6) is 0 Å². The highest BCUT2D eigenvalue weighted by molar-refractivity contribution is 7.09. The summed E-state index contributed by atoms with van der Waals surface area (Å²) in [6, 6.07) is -0.179. The molecule has 0 fully saturated rings. The second-order valence-corrected chi connectivity index (χ2v) is 10.0. The van der Waals surface area contributed by atoms with E-state index in [1.54, 1.807) is 12.3 Å². The van der Waals surface area contributed by atoms with Gasteiger partial charge in [0.1, 0.15) is 5.01 Å². The topological polar surface area (TPSA) is 118 Å². The molecule has 0 saturated heterocycles. The second kappa shape index (κ2) is 18.1. The van der Waals surface area contributed by atoms with Crippen molar-refractivity contribution >= 4 is 29.3 Å². The maximum atomic E-state index is 13.3. The third-order valence-electron chi connectivity index (χ3n) is 5.85. The number of hydrogen-bond donors (Lipinski definition) is 2. The first kappa shape index (κ1) is 31.8. The smallest absolute Gasteiger partial charge is 0.407 e. The second-order valence-electron chi connectivity index (χ2n) is 9.13. The van der Waals surface area contributed by atoms with Gasteiger partial charge in [-0.1, -0.05) is 53.4 Å². The molecule has 0 bridgehead atoms. The summed E-state index contributed by atoms with van der Waals surface area (Å²) >= 11 is 1.22. The Bertz CT molecular complexity index is 785. The van der Waals surface area contributed by atoms with E-state index in [1.807, 2.05) is 4.90 Å². The molecular formula is C26H45N3O6S. The minimum absolute atomic E-state index is 0.0597. The molecule has 206 valence electrons. The van der Waals surface area contributed by atoms with Gasteiger partial charge in [0, 0.05) is 37.4 Å². The summed E-state index contributed by atoms with van der Waals surface area (Å²) in [5, 5.41) is 13.6. The maximum Gasteiger partial charge on any atom is 0.407 e. The van der Waals surface area contributed by atoms with E-state index in [1.165, 1.54) is 11.3 Å². The lowest BCUT2D eigenvalue weighted by atomic mass is 9.95. The Morgan fingerprint density at radius 1 is 1.11 bits per heavy atom. The molecule has 1 aromatic heterocycles. The number of alkyl carbamates (subject to hydrolysis) is 1. The number of aliphatic hydroxyl groups is 1. The fraction of sp³-hybridized carbons (Fsp3) is 0.769. The molecule has 2 amide bonds. The zero-order chi connectivity index (χ0) is 26.9. The Kier molecular flexibility index (Phi) is 16.0. The first-order valence-electron chi connectivity index (χ1n) is 13.3. The number of carbonyl (C=O) groups excluding carboxylic acids is 3. The van der Waals surface area contributed by atoms with Crippen molar-refractivity contribution in [2.45, 2.75) is 98.1 Å². The highest BCUT2D eigenvalue weighted by Crippen LogP contribution is 2.31. The lowest BCUT2D eigenvalue weighted by Crippen LogP contribution is -2.45. The average molecular weight is 528 g/mol. The molecular weight excluding hydrogens is 482 g/mol. The van der Waals surface area contributed by atoms with Crippen LogP contribution in [0.15, 0.2) is 5.38 Å². The number of esters is 1. The number of unbranched alkanes of at least 4 members (excludes halogenated alkanes) is 4. The van der Waals surface area contributed by atoms with E-state index in [4.69, 9.17) is 14.6 Å². The van der Waals surface area contributed by atoms with Gasteiger partial charge in [0.2, 0.25) is 5.91 Å². The summed E-state index contributed by atoms with van der Waals surface area (Å²) in [6.07, 6.45) is 5.37. The van der Waals surface area contributed by atoms with E-state index < -0.39 is 18.2 Å². The van der Waals surface area contributed by atoms with Gasteiger partial charge in [-0.25, -0.2) is 14.6 Å². The van der Waals surface area contributed by atoms with Crippen molar-refractivity contribution in [2.24, 2.45) is 5.92 Å². The number of hydrogen-bond acceptors (Lipinski definition) is 8. The standard InChI is InChI=1S/C26H45N3O6S/c1-6-9-11-12-15-29(23(31)13-10-7-2)21(19(4)5)17-22(35-26(33)27-14-16-30)24-28-20(18-36-24)25(32)34-8-3/h18-19,21-22,30H,6-17H2,1-5H3,(H,27,33). The van der Waals surface area contributed by atoms with Crippen LogP contribution in [-0.2, 0) is 14.3 Å². The Hall–Kier alpha value is -2.20. The van der Waals surface area contributed by atoms with Crippen LogP contribution in [0.25, 0.3) is 0 Å². The van der Waals surface area contributed by atoms with Crippen LogP contribution < -0.4 is 5.32 Å². The molecule has 2 N–H and O–H groups in total. The fourth-order valence-electron chi connectivity index (χ4n) is 3.90. The maximum absolute atomic E-state index is 13.3. The normalized spacial score (nSPS) is 12.8. The largest absolute Gasteiger partial charge is 0.461 e. The Morgan fingerprint density at radius 2 is 1.83 bits per heavy atom. The summed E-state index contributed by atoms with van der Waals surface area (Å²) in [7, 11) is 0. The molecule has 2 atom stereocenters. The molecule has 0 radical (unpaired) electrons. The van der Waals surface area contributed by atoms with Crippen LogP contribution in [0.2, 0.25) is 0 Å². The van der Waals surface area contributed by atoms with Gasteiger partial charge in [0.25, 0.3) is 0 Å². The van der Waals surface area contributed by atoms with Crippen LogP contribution in [0, 0.1) is 5.92 Å². The van der Waals surface area contributed by atoms with E-state index in [2.05, 4.69) is 38.0 Å². The molecule has 10 heteroatoms. The number of thiazole rings is 1. The van der Waals surface area contributed by atoms with Gasteiger partial charge in [-0.3, -0.25) is 4.79 Å². The fourth-order valence-corrected chi connectivity index (χ4v) is 4.73. The molecule has 1 aromatic rings. The molecule has 2 unspecified atom stereocenters. The van der Waals surface area contributed by atoms with Crippen molar-refractivity contribution in [3.8, 4) is 0 Å². The van der Waals surface area contributed by atoms with Gasteiger partial charge in [-0.2, -0.15) is 0 Å². The molecule has 0 aliphatic rings. The summed E-state index contributed by atoms with van der Waals surface area (Å²) < 4.78 is 10.8. The minimum atomic E-state index is -0.763. The van der Waals surface area contributed by atoms with Gasteiger partial charge in [0.05, 0.1) is 13.2 Å². The number of ether oxygens (including phenoxy) is 2. The molecule has 1 rings (SSSR count). The molecule has 0 aromatic carbocycles. The van der Waals surface area contributed by atoms with E-state index in [9.17, 15) is 14.4 Å². The SMILES string of the molecule is CCCCCCN(C(=O)CCCC)C(CC(OC(=O)NCCO)c1nc(C(=O)OCC)cs1)C(C)C. The predicted molar refractivity (Wildman–Crippen MR) is 141 cm³/mol. The molecule has 1 heterocycles. The van der Waals surface area contributed by atoms with Crippen molar-refractivity contribution in [1.29, 1.82) is 0 Å². The third kappa shape index (κ3) is 11.2. The molecule has 9 nitrogen and oxygen atoms in total. The van der Waals surface area contributed by atoms with Crippen molar-refractivity contribution < 1.29 is 29.0 Å². The number of nitrogens with zero attached hydrogens (tertiary/aromatic N) is 2. The van der Waals surface area contributed by atoms with Crippen molar-refractivity contribution in [3.63, 3.8) is 0 Å². The van der Waals surface area contributed by atoms with Crippen molar-refractivity contribution in [3.05, 3.63) is 16.1 Å². The number of aliphatic hydroxyl groups excluding tert-OH is 1. The van der Waals surface area contributed by atoms with Crippen LogP contribution in [-0.4, -0.2) is 65.3 Å². The molecule has 0 aliphatic carbocycles. The summed E-state index contributed by atoms with van der Waals surface area (Å²) in [5.74, 6) is -0.309. The zero-order valence-corrected chi connectivity index (χ0v) is 23.4. The molecule has 36 heavy (non-hydrogen) atoms. The highest BCUT2D eigenvalue weighted by atomic mass is 32.1. The third-order valence-corrected chi connectivity index (χ3v) is 6.79. The predicted octanol–water partition coefficient (Wildman–Crippen LogP) is 5.09. The number of amides is 2. The number of carbonyl (C=O) groups is 3. The van der Waals surface area contributed by atoms with Gasteiger partial charge >= 0.3 is 12.1 Å². The lowest BCUT2D eigenvalue weighted by molar-refractivity contribution is -0.135. The van der Waals surface area contributed by atoms with Crippen molar-refractivity contribution in [2.75, 3.05) is 26.3 Å². The summed E-state index contributed by atoms with van der Waals surface area (Å²) in [5.41, 5.74) is 0.165. The molecule has 0 saturated carbocycles. The number of rotatable bonds is 18. The monoisotopic (exact) mass is 527 g/mol. The van der Waals surface area contributed by atoms with Crippen LogP contribution in [0.3, 0.4) is 0 Å². The Morgan fingerprint density at radius 3 is 2.44 bits per heavy atom. The summed E-state index contributed by atoms with van der Waals surface area (Å²) in [4.78, 5) is 44.2. The summed E-state index contributed by atoms with van der Waals surface area (Å²) in [6.45, 7) is 10.8. The van der Waals surface area contributed by atoms with Crippen molar-refractivity contribution in [1.82, 2.24) is 15.2 Å². The van der Waals surface area contributed by atoms with Gasteiger partial charge < -0.3 is 24.8 Å². The van der Waals surface area contributed by atoms with Gasteiger partial charge in [0.15, 0.2) is 11.8 Å². The lowest BCUT2D eigenvalue weighted by Gasteiger charge is -2.36. The van der Waals surface area contributed by atoms with Crippen LogP contribution >= 0.6 is 11.3 Å². The van der Waals surface area contributed by atoms with E-state index in [-0.39, 0.29) is 43.3 Å². The van der Waals surface area contributed by atoms with Gasteiger partial charge in [-0.05, 0) is 25.7 Å². The Labute approximate surface area is 220 Å². The minimum Gasteiger partial charge on any atom is -0.461 e.